The maximum absolute atomic E-state index is 11.2. The maximum atomic E-state index is 11.2. The number of nitrogens with two attached hydrogens (primary N) is 1. The zero-order valence-electron chi connectivity index (χ0n) is 8.10. The van der Waals surface area contributed by atoms with Gasteiger partial charge in [-0.25, -0.2) is 9.59 Å². The van der Waals surface area contributed by atoms with Crippen molar-refractivity contribution >= 4 is 17.9 Å². The quantitative estimate of drug-likeness (QED) is 0.530. The summed E-state index contributed by atoms with van der Waals surface area (Å²) in [6.07, 6.45) is 0.0127. The zero-order valence-corrected chi connectivity index (χ0v) is 8.10. The van der Waals surface area contributed by atoms with Crippen molar-refractivity contribution in [3.63, 3.8) is 0 Å². The van der Waals surface area contributed by atoms with E-state index in [0.29, 0.717) is 13.1 Å². The average molecular weight is 215 g/mol. The van der Waals surface area contributed by atoms with Gasteiger partial charge in [0.15, 0.2) is 0 Å². The van der Waals surface area contributed by atoms with Crippen molar-refractivity contribution in [3.05, 3.63) is 0 Å². The van der Waals surface area contributed by atoms with Gasteiger partial charge < -0.3 is 21.1 Å². The Morgan fingerprint density at radius 1 is 1.60 bits per heavy atom. The number of rotatable bonds is 5. The summed E-state index contributed by atoms with van der Waals surface area (Å²) in [6, 6.07) is -1.38. The summed E-state index contributed by atoms with van der Waals surface area (Å²) in [4.78, 5) is 33.8. The minimum absolute atomic E-state index is 0.0409. The highest BCUT2D eigenvalue weighted by Crippen LogP contribution is 2.10. The molecule has 7 heteroatoms. The molecule has 0 spiro atoms. The van der Waals surface area contributed by atoms with Gasteiger partial charge >= 0.3 is 12.0 Å². The van der Waals surface area contributed by atoms with E-state index in [9.17, 15) is 14.4 Å². The van der Waals surface area contributed by atoms with Gasteiger partial charge in [-0.1, -0.05) is 0 Å². The summed E-state index contributed by atoms with van der Waals surface area (Å²) in [7, 11) is 0. The number of hydrogen-bond acceptors (Lipinski definition) is 3. The van der Waals surface area contributed by atoms with Crippen LogP contribution in [0, 0.1) is 0 Å². The molecule has 15 heavy (non-hydrogen) atoms. The molecule has 0 aliphatic carbocycles. The van der Waals surface area contributed by atoms with Gasteiger partial charge in [-0.15, -0.1) is 0 Å². The van der Waals surface area contributed by atoms with Gasteiger partial charge in [0.1, 0.15) is 6.04 Å². The van der Waals surface area contributed by atoms with E-state index in [2.05, 4.69) is 5.32 Å². The topological polar surface area (TPSA) is 113 Å². The predicted molar refractivity (Wildman–Crippen MR) is 50.0 cm³/mol. The third-order valence-corrected chi connectivity index (χ3v) is 2.22. The fraction of sp³-hybridized carbons (Fsp3) is 0.625. The van der Waals surface area contributed by atoms with Crippen molar-refractivity contribution in [1.82, 2.24) is 10.2 Å². The van der Waals surface area contributed by atoms with E-state index >= 15 is 0 Å². The molecule has 0 aromatic rings. The second kappa shape index (κ2) is 4.63. The summed E-state index contributed by atoms with van der Waals surface area (Å²) in [5.74, 6) is -1.69. The highest BCUT2D eigenvalue weighted by Gasteiger charge is 2.32. The molecule has 1 saturated heterocycles. The van der Waals surface area contributed by atoms with E-state index in [-0.39, 0.29) is 12.8 Å². The molecule has 4 N–H and O–H groups in total. The molecule has 1 unspecified atom stereocenters. The number of carbonyl (C=O) groups is 3. The Balaban J connectivity index is 2.61. The Labute approximate surface area is 86.2 Å². The van der Waals surface area contributed by atoms with Crippen molar-refractivity contribution in [3.8, 4) is 0 Å². The highest BCUT2D eigenvalue weighted by atomic mass is 16.4. The van der Waals surface area contributed by atoms with Crippen LogP contribution in [0.5, 0.6) is 0 Å². The first-order chi connectivity index (χ1) is 7.02. The van der Waals surface area contributed by atoms with Crippen LogP contribution in [-0.4, -0.2) is 47.0 Å². The Bertz CT molecular complexity index is 292. The number of carbonyl (C=O) groups excluding carboxylic acids is 2. The molecule has 1 aliphatic rings. The number of urea groups is 1. The second-order valence-corrected chi connectivity index (χ2v) is 3.28. The van der Waals surface area contributed by atoms with Crippen molar-refractivity contribution in [2.45, 2.75) is 18.9 Å². The third kappa shape index (κ3) is 2.83. The lowest BCUT2D eigenvalue weighted by Gasteiger charge is -2.22. The second-order valence-electron chi connectivity index (χ2n) is 3.28. The molecule has 0 aromatic heterocycles. The van der Waals surface area contributed by atoms with Crippen LogP contribution in [0.2, 0.25) is 0 Å². The molecule has 1 fully saturated rings. The number of nitrogens with zero attached hydrogens (tertiary/aromatic N) is 1. The molecule has 0 aromatic carbocycles. The molecule has 0 saturated carbocycles. The van der Waals surface area contributed by atoms with Gasteiger partial charge in [0.05, 0.1) is 0 Å². The number of carboxylic acids is 1. The Hall–Kier alpha value is -1.79. The van der Waals surface area contributed by atoms with E-state index in [1.54, 1.807) is 0 Å². The molecule has 0 bridgehead atoms. The summed E-state index contributed by atoms with van der Waals surface area (Å²) in [5, 5.41) is 11.4. The SMILES string of the molecule is NC(=O)CCC(C(=O)O)N1CCNC1=O. The number of amides is 3. The first kappa shape index (κ1) is 11.3. The number of primary amides is 1. The minimum atomic E-state index is -1.12. The van der Waals surface area contributed by atoms with Crippen LogP contribution in [0.15, 0.2) is 0 Å². The van der Waals surface area contributed by atoms with Gasteiger partial charge in [0.25, 0.3) is 0 Å². The number of aliphatic carboxylic acids is 1. The van der Waals surface area contributed by atoms with Crippen LogP contribution in [0.25, 0.3) is 0 Å². The first-order valence-electron chi connectivity index (χ1n) is 4.58. The fourth-order valence-electron chi connectivity index (χ4n) is 1.48. The summed E-state index contributed by atoms with van der Waals surface area (Å²) < 4.78 is 0. The summed E-state index contributed by atoms with van der Waals surface area (Å²) >= 11 is 0. The van der Waals surface area contributed by atoms with Crippen LogP contribution < -0.4 is 11.1 Å². The van der Waals surface area contributed by atoms with Crippen LogP contribution in [0.4, 0.5) is 4.79 Å². The van der Waals surface area contributed by atoms with E-state index in [1.807, 2.05) is 0 Å². The normalized spacial score (nSPS) is 17.3. The monoisotopic (exact) mass is 215 g/mol. The van der Waals surface area contributed by atoms with Gasteiger partial charge in [-0.3, -0.25) is 4.79 Å². The van der Waals surface area contributed by atoms with Crippen LogP contribution in [0.3, 0.4) is 0 Å². The third-order valence-electron chi connectivity index (χ3n) is 2.22. The van der Waals surface area contributed by atoms with Crippen LogP contribution in [-0.2, 0) is 9.59 Å². The fourth-order valence-corrected chi connectivity index (χ4v) is 1.48. The summed E-state index contributed by atoms with van der Waals surface area (Å²) in [6.45, 7) is 0.772. The molecule has 1 atom stereocenters. The van der Waals surface area contributed by atoms with Crippen LogP contribution >= 0.6 is 0 Å². The molecular weight excluding hydrogens is 202 g/mol. The smallest absolute Gasteiger partial charge is 0.326 e. The molecule has 1 heterocycles. The zero-order chi connectivity index (χ0) is 11.4. The van der Waals surface area contributed by atoms with Gasteiger partial charge in [0.2, 0.25) is 5.91 Å². The molecular formula is C8H13N3O4. The molecule has 84 valence electrons. The van der Waals surface area contributed by atoms with Gasteiger partial charge in [0, 0.05) is 19.5 Å². The minimum Gasteiger partial charge on any atom is -0.480 e. The van der Waals surface area contributed by atoms with Gasteiger partial charge in [-0.05, 0) is 6.42 Å². The van der Waals surface area contributed by atoms with Crippen molar-refractivity contribution in [2.75, 3.05) is 13.1 Å². The first-order valence-corrected chi connectivity index (χ1v) is 4.58. The van der Waals surface area contributed by atoms with Crippen molar-refractivity contribution in [2.24, 2.45) is 5.73 Å². The highest BCUT2D eigenvalue weighted by molar-refractivity contribution is 5.84. The number of carboxylic acid groups (broad SMARTS) is 1. The average Bonchev–Trinajstić information content (AvgIpc) is 2.51. The number of hydrogen-bond donors (Lipinski definition) is 3. The largest absolute Gasteiger partial charge is 0.480 e. The Morgan fingerprint density at radius 3 is 2.67 bits per heavy atom. The van der Waals surface area contributed by atoms with Gasteiger partial charge in [-0.2, -0.15) is 0 Å². The van der Waals surface area contributed by atoms with Crippen LogP contribution in [0.1, 0.15) is 12.8 Å². The Morgan fingerprint density at radius 2 is 2.27 bits per heavy atom. The molecule has 1 aliphatic heterocycles. The maximum Gasteiger partial charge on any atom is 0.326 e. The standard InChI is InChI=1S/C8H13N3O4/c9-6(12)2-1-5(7(13)14)11-4-3-10-8(11)15/h5H,1-4H2,(H2,9,12)(H,10,15)(H,13,14). The van der Waals surface area contributed by atoms with E-state index in [4.69, 9.17) is 10.8 Å². The van der Waals surface area contributed by atoms with Crippen molar-refractivity contribution < 1.29 is 19.5 Å². The van der Waals surface area contributed by atoms with E-state index in [1.165, 1.54) is 4.90 Å². The lowest BCUT2D eigenvalue weighted by atomic mass is 10.1. The molecule has 0 radical (unpaired) electrons. The number of nitrogens with one attached hydrogen (secondary N) is 1. The molecule has 3 amide bonds. The lowest BCUT2D eigenvalue weighted by molar-refractivity contribution is -0.142. The molecule has 7 nitrogen and oxygen atoms in total. The Kier molecular flexibility index (Phi) is 3.48. The van der Waals surface area contributed by atoms with Crippen molar-refractivity contribution in [1.29, 1.82) is 0 Å². The predicted octanol–water partition coefficient (Wildman–Crippen LogP) is -1.27. The summed E-state index contributed by atoms with van der Waals surface area (Å²) in [5.41, 5.74) is 4.92. The van der Waals surface area contributed by atoms with E-state index < -0.39 is 23.9 Å². The molecule has 1 rings (SSSR count). The van der Waals surface area contributed by atoms with E-state index in [0.717, 1.165) is 0 Å². The lowest BCUT2D eigenvalue weighted by Crippen LogP contribution is -2.43.